The number of benzene rings is 4. The molecule has 7 rings (SSSR count). The lowest BCUT2D eigenvalue weighted by molar-refractivity contribution is 0.0743. The van der Waals surface area contributed by atoms with Gasteiger partial charge in [0.1, 0.15) is 17.5 Å². The van der Waals surface area contributed by atoms with E-state index in [0.29, 0.717) is 95.6 Å². The molecule has 0 N–H and O–H groups in total. The van der Waals surface area contributed by atoms with Crippen LogP contribution in [-0.4, -0.2) is 111 Å². The first-order valence-electron chi connectivity index (χ1n) is 17.3. The first-order valence-corrected chi connectivity index (χ1v) is 17.3. The molecule has 4 aromatic rings. The van der Waals surface area contributed by atoms with Crippen molar-refractivity contribution in [3.8, 4) is 0 Å². The van der Waals surface area contributed by atoms with E-state index in [0.717, 1.165) is 0 Å². The predicted molar refractivity (Wildman–Crippen MR) is 190 cm³/mol. The highest BCUT2D eigenvalue weighted by atomic mass is 19.1. The fraction of sp³-hybridized carbons (Fsp3) is 0.308. The van der Waals surface area contributed by atoms with Gasteiger partial charge in [0.25, 0.3) is 17.7 Å². The molecule has 51 heavy (non-hydrogen) atoms. The van der Waals surface area contributed by atoms with Gasteiger partial charge in [-0.25, -0.2) is 13.2 Å². The molecule has 0 aliphatic carbocycles. The number of carbonyl (C=O) groups excluding carboxylic acids is 3. The second kappa shape index (κ2) is 14.8. The first-order chi connectivity index (χ1) is 24.8. The van der Waals surface area contributed by atoms with Crippen LogP contribution in [0.4, 0.5) is 30.2 Å². The lowest BCUT2D eigenvalue weighted by atomic mass is 10.0. The SMILES string of the molecule is O=C(c1cc(C(=O)N2CCN(c3ccccc3F)CC2)cc(C(=O)N2CCN(c3ccccc3F)CC2)c1)N1CCN(c2ccccc2F)CC1. The van der Waals surface area contributed by atoms with Crippen LogP contribution in [0, 0.1) is 17.5 Å². The standard InChI is InChI=1S/C39H39F3N6O3/c40-31-7-1-4-10-34(31)43-13-19-46(20-14-43)37(49)28-25-29(38(50)47-21-15-44(16-22-47)35-11-5-2-8-32(35)41)27-30(26-28)39(51)48-23-17-45(18-24-48)36-12-6-3-9-33(36)42/h1-12,25-27H,13-24H2. The Morgan fingerprint density at radius 1 is 0.373 bits per heavy atom. The van der Waals surface area contributed by atoms with E-state index in [1.54, 1.807) is 87.5 Å². The lowest BCUT2D eigenvalue weighted by Crippen LogP contribution is -2.50. The molecule has 0 atom stereocenters. The molecule has 3 amide bonds. The molecule has 0 spiro atoms. The molecule has 0 bridgehead atoms. The maximum absolute atomic E-state index is 14.5. The van der Waals surface area contributed by atoms with Crippen molar-refractivity contribution in [2.24, 2.45) is 0 Å². The molecule has 0 unspecified atom stereocenters. The number of piperazine rings is 3. The second-order valence-corrected chi connectivity index (χ2v) is 13.0. The zero-order chi connectivity index (χ0) is 35.5. The van der Waals surface area contributed by atoms with Gasteiger partial charge in [-0.05, 0) is 54.6 Å². The minimum absolute atomic E-state index is 0.221. The number of para-hydroxylation sites is 3. The number of amides is 3. The monoisotopic (exact) mass is 696 g/mol. The van der Waals surface area contributed by atoms with Crippen molar-refractivity contribution >= 4 is 34.8 Å². The number of carbonyl (C=O) groups is 3. The summed E-state index contributed by atoms with van der Waals surface area (Å²) in [5.74, 6) is -1.93. The third-order valence-electron chi connectivity index (χ3n) is 9.95. The summed E-state index contributed by atoms with van der Waals surface area (Å²) in [6.07, 6.45) is 0. The fourth-order valence-corrected chi connectivity index (χ4v) is 7.12. The van der Waals surface area contributed by atoms with Gasteiger partial charge in [-0.3, -0.25) is 14.4 Å². The van der Waals surface area contributed by atoms with Gasteiger partial charge in [-0.15, -0.1) is 0 Å². The Morgan fingerprint density at radius 2 is 0.608 bits per heavy atom. The molecule has 0 aromatic heterocycles. The Labute approximate surface area is 295 Å². The van der Waals surface area contributed by atoms with Crippen LogP contribution in [0.5, 0.6) is 0 Å². The molecule has 12 heteroatoms. The number of rotatable bonds is 6. The summed E-state index contributed by atoms with van der Waals surface area (Å²) in [5, 5.41) is 0. The van der Waals surface area contributed by atoms with Crippen LogP contribution in [0.2, 0.25) is 0 Å². The summed E-state index contributed by atoms with van der Waals surface area (Å²) >= 11 is 0. The quantitative estimate of drug-likeness (QED) is 0.283. The molecule has 3 aliphatic heterocycles. The molecular weight excluding hydrogens is 657 g/mol. The number of hydrogen-bond donors (Lipinski definition) is 0. The molecule has 0 saturated carbocycles. The molecule has 3 fully saturated rings. The molecule has 3 saturated heterocycles. The van der Waals surface area contributed by atoms with Crippen LogP contribution in [0.15, 0.2) is 91.0 Å². The number of anilines is 3. The van der Waals surface area contributed by atoms with E-state index in [1.807, 2.05) is 14.7 Å². The Bertz CT molecular complexity index is 1690. The maximum atomic E-state index is 14.5. The summed E-state index contributed by atoms with van der Waals surface area (Å²) in [6, 6.07) is 24.2. The molecular formula is C39H39F3N6O3. The van der Waals surface area contributed by atoms with Gasteiger partial charge in [0, 0.05) is 95.2 Å². The zero-order valence-electron chi connectivity index (χ0n) is 28.2. The minimum atomic E-state index is -0.323. The smallest absolute Gasteiger partial charge is 0.254 e. The highest BCUT2D eigenvalue weighted by Crippen LogP contribution is 2.25. The first kappa shape index (κ1) is 34.0. The van der Waals surface area contributed by atoms with Gasteiger partial charge in [0.15, 0.2) is 0 Å². The van der Waals surface area contributed by atoms with Gasteiger partial charge in [-0.2, -0.15) is 0 Å². The van der Waals surface area contributed by atoms with Crippen molar-refractivity contribution in [3.63, 3.8) is 0 Å². The zero-order valence-corrected chi connectivity index (χ0v) is 28.2. The van der Waals surface area contributed by atoms with Gasteiger partial charge >= 0.3 is 0 Å². The Balaban J connectivity index is 1.10. The van der Waals surface area contributed by atoms with E-state index in [1.165, 1.54) is 18.2 Å². The lowest BCUT2D eigenvalue weighted by Gasteiger charge is -2.37. The van der Waals surface area contributed by atoms with E-state index in [2.05, 4.69) is 0 Å². The van der Waals surface area contributed by atoms with E-state index in [4.69, 9.17) is 0 Å². The van der Waals surface area contributed by atoms with Crippen LogP contribution in [0.3, 0.4) is 0 Å². The summed E-state index contributed by atoms with van der Waals surface area (Å²) < 4.78 is 43.4. The van der Waals surface area contributed by atoms with Gasteiger partial charge in [-0.1, -0.05) is 36.4 Å². The fourth-order valence-electron chi connectivity index (χ4n) is 7.12. The summed E-state index contributed by atoms with van der Waals surface area (Å²) in [4.78, 5) is 52.6. The van der Waals surface area contributed by atoms with Crippen molar-refractivity contribution < 1.29 is 27.6 Å². The summed E-state index contributed by atoms with van der Waals surface area (Å²) in [5.41, 5.74) is 2.11. The second-order valence-electron chi connectivity index (χ2n) is 13.0. The van der Waals surface area contributed by atoms with Crippen molar-refractivity contribution in [2.45, 2.75) is 0 Å². The number of nitrogens with zero attached hydrogens (tertiary/aromatic N) is 6. The van der Waals surface area contributed by atoms with E-state index >= 15 is 0 Å². The molecule has 9 nitrogen and oxygen atoms in total. The van der Waals surface area contributed by atoms with Gasteiger partial charge in [0.2, 0.25) is 0 Å². The molecule has 3 aliphatic rings. The Morgan fingerprint density at radius 3 is 0.843 bits per heavy atom. The molecule has 3 heterocycles. The number of halogens is 3. The van der Waals surface area contributed by atoms with Crippen LogP contribution < -0.4 is 14.7 Å². The van der Waals surface area contributed by atoms with Crippen LogP contribution >= 0.6 is 0 Å². The average molecular weight is 697 g/mol. The van der Waals surface area contributed by atoms with Crippen molar-refractivity contribution in [2.75, 3.05) is 93.2 Å². The average Bonchev–Trinajstić information content (AvgIpc) is 3.18. The summed E-state index contributed by atoms with van der Waals surface area (Å²) in [7, 11) is 0. The largest absolute Gasteiger partial charge is 0.366 e. The van der Waals surface area contributed by atoms with Crippen molar-refractivity contribution in [1.29, 1.82) is 0 Å². The number of hydrogen-bond acceptors (Lipinski definition) is 6. The van der Waals surface area contributed by atoms with E-state index in [-0.39, 0.29) is 51.9 Å². The van der Waals surface area contributed by atoms with Gasteiger partial charge < -0.3 is 29.4 Å². The third-order valence-corrected chi connectivity index (χ3v) is 9.95. The van der Waals surface area contributed by atoms with Crippen LogP contribution in [0.1, 0.15) is 31.1 Å². The molecule has 4 aromatic carbocycles. The molecule has 0 radical (unpaired) electrons. The topological polar surface area (TPSA) is 70.6 Å². The van der Waals surface area contributed by atoms with Gasteiger partial charge in [0.05, 0.1) is 17.1 Å². The van der Waals surface area contributed by atoms with Crippen LogP contribution in [0.25, 0.3) is 0 Å². The highest BCUT2D eigenvalue weighted by Gasteiger charge is 2.30. The third kappa shape index (κ3) is 7.21. The van der Waals surface area contributed by atoms with Crippen molar-refractivity contribution in [3.05, 3.63) is 125 Å². The Kier molecular flexibility index (Phi) is 9.83. The van der Waals surface area contributed by atoms with Crippen LogP contribution in [-0.2, 0) is 0 Å². The predicted octanol–water partition coefficient (Wildman–Crippen LogP) is 4.99. The highest BCUT2D eigenvalue weighted by molar-refractivity contribution is 6.04. The Hall–Kier alpha value is -5.52. The van der Waals surface area contributed by atoms with E-state index in [9.17, 15) is 27.6 Å². The summed E-state index contributed by atoms with van der Waals surface area (Å²) in [6.45, 7) is 4.59. The normalized spacial score (nSPS) is 16.8. The van der Waals surface area contributed by atoms with E-state index < -0.39 is 0 Å². The maximum Gasteiger partial charge on any atom is 0.254 e. The molecule has 264 valence electrons. The van der Waals surface area contributed by atoms with Crippen molar-refractivity contribution in [1.82, 2.24) is 14.7 Å². The minimum Gasteiger partial charge on any atom is -0.366 e.